The zero-order valence-electron chi connectivity index (χ0n) is 18.4. The third-order valence-electron chi connectivity index (χ3n) is 3.99. The van der Waals surface area contributed by atoms with Gasteiger partial charge in [0, 0.05) is 30.3 Å². The summed E-state index contributed by atoms with van der Waals surface area (Å²) in [5.74, 6) is -1.19. The first-order chi connectivity index (χ1) is 15.0. The van der Waals surface area contributed by atoms with Gasteiger partial charge in [-0.1, -0.05) is 10.9 Å². The average molecular weight is 543 g/mol. The van der Waals surface area contributed by atoms with E-state index in [2.05, 4.69) is 19.4 Å². The zero-order valence-corrected chi connectivity index (χ0v) is 24.9. The van der Waals surface area contributed by atoms with Gasteiger partial charge in [-0.25, -0.2) is 16.8 Å². The van der Waals surface area contributed by atoms with E-state index in [1.807, 2.05) is 6.07 Å². The second-order valence-electron chi connectivity index (χ2n) is 6.34. The molecule has 34 heavy (non-hydrogen) atoms. The van der Waals surface area contributed by atoms with Crippen LogP contribution >= 0.6 is 11.5 Å². The molecule has 17 heteroatoms. The second kappa shape index (κ2) is 15.2. The van der Waals surface area contributed by atoms with Crippen LogP contribution in [-0.4, -0.2) is 54.9 Å². The Labute approximate surface area is 246 Å². The van der Waals surface area contributed by atoms with Crippen molar-refractivity contribution in [3.8, 4) is 6.07 Å². The second-order valence-corrected chi connectivity index (χ2v) is 10.1. The molecule has 0 fully saturated rings. The minimum absolute atomic E-state index is 0. The van der Waals surface area contributed by atoms with Gasteiger partial charge in [0.05, 0.1) is 43.5 Å². The quantitative estimate of drug-likeness (QED) is 0.121. The summed E-state index contributed by atoms with van der Waals surface area (Å²) in [7, 11) is -8.78. The van der Waals surface area contributed by atoms with E-state index in [0.29, 0.717) is 11.4 Å². The fourth-order valence-corrected chi connectivity index (χ4v) is 4.16. The SMILES string of the molecule is [C-]#[N+]c1nsc(N=Nc2ccc(N(CCCS(=O)(=O)[O-])CCCS(=O)(=O)[O-])cc2)c1C#N.[Na+].[Na+]. The Morgan fingerprint density at radius 3 is 2.00 bits per heavy atom. The number of nitrogens with zero attached hydrogens (tertiary/aromatic N) is 6. The minimum Gasteiger partial charge on any atom is -0.748 e. The van der Waals surface area contributed by atoms with Crippen LogP contribution in [-0.2, 0) is 20.2 Å². The molecule has 0 bridgehead atoms. The Hall–Kier alpha value is -0.950. The molecule has 0 amide bonds. The molecule has 0 spiro atoms. The summed E-state index contributed by atoms with van der Waals surface area (Å²) < 4.78 is 68.8. The number of hydrogen-bond acceptors (Lipinski definition) is 12. The van der Waals surface area contributed by atoms with Crippen LogP contribution in [0.4, 0.5) is 22.2 Å². The fourth-order valence-electron chi connectivity index (χ4n) is 2.58. The predicted molar refractivity (Wildman–Crippen MR) is 114 cm³/mol. The van der Waals surface area contributed by atoms with Gasteiger partial charge in [0.1, 0.15) is 5.56 Å². The van der Waals surface area contributed by atoms with Crippen molar-refractivity contribution in [3.05, 3.63) is 41.2 Å². The molecule has 170 valence electrons. The molecule has 0 saturated heterocycles. The van der Waals surface area contributed by atoms with Gasteiger partial charge in [-0.05, 0) is 37.1 Å². The van der Waals surface area contributed by atoms with E-state index in [4.69, 9.17) is 11.8 Å². The van der Waals surface area contributed by atoms with Crippen molar-refractivity contribution in [2.45, 2.75) is 12.8 Å². The van der Waals surface area contributed by atoms with Gasteiger partial charge < -0.3 is 18.9 Å². The van der Waals surface area contributed by atoms with Crippen LogP contribution in [0.1, 0.15) is 18.4 Å². The van der Waals surface area contributed by atoms with Crippen molar-refractivity contribution in [2.24, 2.45) is 10.2 Å². The van der Waals surface area contributed by atoms with E-state index in [9.17, 15) is 25.9 Å². The van der Waals surface area contributed by atoms with E-state index >= 15 is 0 Å². The number of benzene rings is 1. The smallest absolute Gasteiger partial charge is 0.748 e. The largest absolute Gasteiger partial charge is 1.00 e. The van der Waals surface area contributed by atoms with E-state index in [1.165, 1.54) is 0 Å². The summed E-state index contributed by atoms with van der Waals surface area (Å²) in [6.45, 7) is 7.28. The molecule has 1 aromatic carbocycles. The first-order valence-electron chi connectivity index (χ1n) is 8.93. The molecule has 12 nitrogen and oxygen atoms in total. The summed E-state index contributed by atoms with van der Waals surface area (Å²) in [5, 5.41) is 17.3. The van der Waals surface area contributed by atoms with Gasteiger partial charge in [-0.15, -0.1) is 10.2 Å². The maximum absolute atomic E-state index is 10.8. The summed E-state index contributed by atoms with van der Waals surface area (Å²) in [6.07, 6.45) is 0.0617. The van der Waals surface area contributed by atoms with Crippen LogP contribution in [0.5, 0.6) is 0 Å². The molecule has 1 heterocycles. The van der Waals surface area contributed by atoms with E-state index < -0.39 is 31.7 Å². The molecule has 0 aliphatic rings. The third-order valence-corrected chi connectivity index (χ3v) is 6.29. The van der Waals surface area contributed by atoms with Crippen LogP contribution in [0.2, 0.25) is 0 Å². The normalized spacial score (nSPS) is 11.2. The van der Waals surface area contributed by atoms with Crippen molar-refractivity contribution in [1.29, 1.82) is 5.26 Å². The number of azo groups is 1. The monoisotopic (exact) mass is 542 g/mol. The maximum Gasteiger partial charge on any atom is 1.00 e. The molecule has 0 atom stereocenters. The van der Waals surface area contributed by atoms with Gasteiger partial charge in [0.15, 0.2) is 5.00 Å². The van der Waals surface area contributed by atoms with Crippen LogP contribution in [0.25, 0.3) is 4.85 Å². The Balaban J connectivity index is 0.00000544. The Kier molecular flexibility index (Phi) is 14.8. The van der Waals surface area contributed by atoms with E-state index in [-0.39, 0.29) is 101 Å². The molecule has 0 saturated carbocycles. The van der Waals surface area contributed by atoms with Crippen LogP contribution < -0.4 is 64.0 Å². The van der Waals surface area contributed by atoms with Gasteiger partial charge in [0.25, 0.3) is 0 Å². The molecular weight excluding hydrogens is 526 g/mol. The van der Waals surface area contributed by atoms with Crippen molar-refractivity contribution < 1.29 is 85.1 Å². The molecular formula is C17H16N6Na2O6S3. The van der Waals surface area contributed by atoms with Crippen molar-refractivity contribution >= 4 is 54.0 Å². The van der Waals surface area contributed by atoms with Crippen LogP contribution in [0.15, 0.2) is 34.5 Å². The third kappa shape index (κ3) is 11.7. The Bertz CT molecular complexity index is 1230. The number of rotatable bonds is 11. The van der Waals surface area contributed by atoms with Crippen molar-refractivity contribution in [3.63, 3.8) is 0 Å². The molecule has 0 aliphatic carbocycles. The molecule has 0 radical (unpaired) electrons. The molecule has 0 N–H and O–H groups in total. The van der Waals surface area contributed by atoms with Crippen LogP contribution in [0, 0.1) is 17.9 Å². The number of anilines is 1. The summed E-state index contributed by atoms with van der Waals surface area (Å²) in [5.41, 5.74) is 1.05. The van der Waals surface area contributed by atoms with Crippen LogP contribution in [0.3, 0.4) is 0 Å². The van der Waals surface area contributed by atoms with Gasteiger partial charge in [-0.3, -0.25) is 0 Å². The standard InChI is InChI=1S/C17H18N6O6S3.2Na/c1-19-16-15(12-18)17(30-22-16)21-20-13-4-6-14(7-5-13)23(8-2-10-31(24,25)26)9-3-11-32(27,28)29;;/h4-7H,2-3,8-11H2,(H,24,25,26)(H,27,28,29);;/q;2*+1/p-2. The maximum atomic E-state index is 10.8. The van der Waals surface area contributed by atoms with E-state index in [1.54, 1.807) is 29.2 Å². The summed E-state index contributed by atoms with van der Waals surface area (Å²) >= 11 is 0.871. The first-order valence-corrected chi connectivity index (χ1v) is 12.9. The Morgan fingerprint density at radius 1 is 1.03 bits per heavy atom. The molecule has 2 rings (SSSR count). The molecule has 0 unspecified atom stereocenters. The van der Waals surface area contributed by atoms with Gasteiger partial charge >= 0.3 is 64.9 Å². The molecule has 2 aromatic rings. The number of nitriles is 1. The zero-order chi connectivity index (χ0) is 23.8. The number of hydrogen-bond donors (Lipinski definition) is 0. The first kappa shape index (κ1) is 33.0. The summed E-state index contributed by atoms with van der Waals surface area (Å²) in [4.78, 5) is 4.80. The van der Waals surface area contributed by atoms with Crippen molar-refractivity contribution in [1.82, 2.24) is 4.37 Å². The minimum atomic E-state index is -4.39. The summed E-state index contributed by atoms with van der Waals surface area (Å²) in [6, 6.07) is 8.30. The average Bonchev–Trinajstić information content (AvgIpc) is 3.12. The van der Waals surface area contributed by atoms with Crippen molar-refractivity contribution in [2.75, 3.05) is 29.5 Å². The molecule has 1 aromatic heterocycles. The predicted octanol–water partition coefficient (Wildman–Crippen LogP) is -3.33. The topological polar surface area (TPSA) is 183 Å². The van der Waals surface area contributed by atoms with Gasteiger partial charge in [-0.2, -0.15) is 5.26 Å². The molecule has 0 aliphatic heterocycles. The van der Waals surface area contributed by atoms with E-state index in [0.717, 1.165) is 11.5 Å². The Morgan fingerprint density at radius 2 is 1.56 bits per heavy atom. The fraction of sp³-hybridized carbons (Fsp3) is 0.353. The number of aromatic nitrogens is 1. The van der Waals surface area contributed by atoms with Gasteiger partial charge in [0.2, 0.25) is 0 Å².